The molecule has 3 N–H and O–H groups in total. The fraction of sp³-hybridized carbons (Fsp3) is 0.400. The second kappa shape index (κ2) is 9.74. The van der Waals surface area contributed by atoms with Crippen LogP contribution in [0.2, 0.25) is 5.02 Å². The summed E-state index contributed by atoms with van der Waals surface area (Å²) < 4.78 is 0. The summed E-state index contributed by atoms with van der Waals surface area (Å²) in [7, 11) is 0. The van der Waals surface area contributed by atoms with E-state index in [1.54, 1.807) is 6.20 Å². The monoisotopic (exact) mass is 452 g/mol. The number of piperazine rings is 1. The van der Waals surface area contributed by atoms with Gasteiger partial charge >= 0.3 is 0 Å². The lowest BCUT2D eigenvalue weighted by molar-refractivity contribution is -0.136. The fourth-order valence-corrected chi connectivity index (χ4v) is 4.74. The minimum absolute atomic E-state index is 0.146. The van der Waals surface area contributed by atoms with Gasteiger partial charge in [0, 0.05) is 39.9 Å². The van der Waals surface area contributed by atoms with Gasteiger partial charge in [0.15, 0.2) is 0 Å². The molecule has 0 aliphatic carbocycles. The predicted octanol–water partition coefficient (Wildman–Crippen LogP) is 4.03. The molecule has 32 heavy (non-hydrogen) atoms. The average Bonchev–Trinajstić information content (AvgIpc) is 3.10. The molecular formula is C25H29ClN4O2. The minimum Gasteiger partial charge on any atom is -0.358 e. The molecule has 1 aliphatic heterocycles. The number of rotatable bonds is 8. The number of nitrogens with zero attached hydrogens (tertiary/aromatic N) is 1. The Morgan fingerprint density at radius 2 is 1.78 bits per heavy atom. The Morgan fingerprint density at radius 1 is 1.00 bits per heavy atom. The SMILES string of the molecule is CCCCc1c(Cl)ccc2[nH]c(C)c(CC[C@H]3NC(=O)[C@@H](Cc4ccccn4)NC3=O)c12. The average molecular weight is 453 g/mol. The van der Waals surface area contributed by atoms with E-state index in [-0.39, 0.29) is 11.8 Å². The van der Waals surface area contributed by atoms with Crippen molar-refractivity contribution in [3.05, 3.63) is 64.1 Å². The number of aromatic nitrogens is 2. The summed E-state index contributed by atoms with van der Waals surface area (Å²) >= 11 is 6.55. The first kappa shape index (κ1) is 22.3. The quantitative estimate of drug-likeness (QED) is 0.482. The third kappa shape index (κ3) is 4.65. The van der Waals surface area contributed by atoms with Crippen molar-refractivity contribution in [3.8, 4) is 0 Å². The second-order valence-corrected chi connectivity index (χ2v) is 8.87. The fourth-order valence-electron chi connectivity index (χ4n) is 4.49. The van der Waals surface area contributed by atoms with Crippen LogP contribution in [0.4, 0.5) is 0 Å². The maximum atomic E-state index is 12.7. The minimum atomic E-state index is -0.595. The van der Waals surface area contributed by atoms with Gasteiger partial charge in [0.25, 0.3) is 0 Å². The molecule has 2 aromatic heterocycles. The van der Waals surface area contributed by atoms with Crippen LogP contribution < -0.4 is 10.6 Å². The molecular weight excluding hydrogens is 424 g/mol. The van der Waals surface area contributed by atoms with E-state index >= 15 is 0 Å². The van der Waals surface area contributed by atoms with Crippen LogP contribution in [0.1, 0.15) is 48.7 Å². The first-order valence-electron chi connectivity index (χ1n) is 11.3. The zero-order chi connectivity index (χ0) is 22.7. The number of carbonyl (C=O) groups is 2. The normalized spacial score (nSPS) is 18.6. The molecule has 0 radical (unpaired) electrons. The molecule has 3 aromatic rings. The first-order valence-corrected chi connectivity index (χ1v) is 11.6. The number of hydrogen-bond acceptors (Lipinski definition) is 3. The van der Waals surface area contributed by atoms with Gasteiger partial charge < -0.3 is 15.6 Å². The van der Waals surface area contributed by atoms with Crippen LogP contribution in [0.15, 0.2) is 36.5 Å². The molecule has 0 saturated carbocycles. The van der Waals surface area contributed by atoms with Gasteiger partial charge in [-0.15, -0.1) is 0 Å². The molecule has 2 atom stereocenters. The van der Waals surface area contributed by atoms with E-state index in [1.807, 2.05) is 30.3 Å². The number of unbranched alkanes of at least 4 members (excludes halogenated alkanes) is 1. The van der Waals surface area contributed by atoms with Crippen molar-refractivity contribution >= 4 is 34.3 Å². The van der Waals surface area contributed by atoms with Crippen molar-refractivity contribution in [2.75, 3.05) is 0 Å². The number of pyridine rings is 1. The molecule has 1 aromatic carbocycles. The molecule has 3 heterocycles. The lowest BCUT2D eigenvalue weighted by Crippen LogP contribution is -2.62. The van der Waals surface area contributed by atoms with Gasteiger partial charge in [-0.1, -0.05) is 31.0 Å². The standard InChI is InChI=1S/C25H29ClN4O2/c1-3-4-8-18-19(26)10-12-20-23(18)17(15(2)28-20)9-11-21-24(31)30-22(25(32)29-21)14-16-7-5-6-13-27-16/h5-7,10,12-13,21-22,28H,3-4,8-9,11,14H2,1-2H3,(H,29,32)(H,30,31)/t21-,22-/m1/s1. The maximum absolute atomic E-state index is 12.7. The molecule has 6 nitrogen and oxygen atoms in total. The summed E-state index contributed by atoms with van der Waals surface area (Å²) in [6.45, 7) is 4.22. The molecule has 1 saturated heterocycles. The molecule has 4 rings (SSSR count). The zero-order valence-corrected chi connectivity index (χ0v) is 19.3. The van der Waals surface area contributed by atoms with E-state index in [1.165, 1.54) is 10.9 Å². The molecule has 168 valence electrons. The van der Waals surface area contributed by atoms with Crippen molar-refractivity contribution < 1.29 is 9.59 Å². The number of fused-ring (bicyclic) bond motifs is 1. The highest BCUT2D eigenvalue weighted by Gasteiger charge is 2.33. The van der Waals surface area contributed by atoms with Crippen LogP contribution >= 0.6 is 11.6 Å². The molecule has 2 amide bonds. The summed E-state index contributed by atoms with van der Waals surface area (Å²) in [6.07, 6.45) is 6.36. The summed E-state index contributed by atoms with van der Waals surface area (Å²) in [5.74, 6) is -0.310. The predicted molar refractivity (Wildman–Crippen MR) is 127 cm³/mol. The number of nitrogens with one attached hydrogen (secondary N) is 3. The van der Waals surface area contributed by atoms with Crippen molar-refractivity contribution in [1.29, 1.82) is 0 Å². The largest absolute Gasteiger partial charge is 0.358 e. The number of amides is 2. The number of halogens is 1. The Hall–Kier alpha value is -2.86. The van der Waals surface area contributed by atoms with Crippen LogP contribution in [0.3, 0.4) is 0 Å². The molecule has 1 fully saturated rings. The Bertz CT molecular complexity index is 1130. The lowest BCUT2D eigenvalue weighted by Gasteiger charge is -2.29. The zero-order valence-electron chi connectivity index (χ0n) is 18.5. The Kier molecular flexibility index (Phi) is 6.80. The van der Waals surface area contributed by atoms with E-state index < -0.39 is 12.1 Å². The van der Waals surface area contributed by atoms with Crippen molar-refractivity contribution in [2.45, 2.75) is 64.5 Å². The van der Waals surface area contributed by atoms with E-state index in [0.29, 0.717) is 19.3 Å². The van der Waals surface area contributed by atoms with E-state index in [9.17, 15) is 9.59 Å². The lowest BCUT2D eigenvalue weighted by atomic mass is 9.95. The van der Waals surface area contributed by atoms with Gasteiger partial charge in [-0.3, -0.25) is 14.6 Å². The molecule has 7 heteroatoms. The van der Waals surface area contributed by atoms with Crippen LogP contribution in [0, 0.1) is 6.92 Å². The van der Waals surface area contributed by atoms with Crippen LogP contribution in [-0.2, 0) is 28.9 Å². The number of hydrogen-bond donors (Lipinski definition) is 3. The van der Waals surface area contributed by atoms with Gasteiger partial charge in [0.1, 0.15) is 12.1 Å². The summed E-state index contributed by atoms with van der Waals surface area (Å²) in [4.78, 5) is 33.1. The topological polar surface area (TPSA) is 86.9 Å². The molecule has 0 unspecified atom stereocenters. The van der Waals surface area contributed by atoms with Crippen molar-refractivity contribution in [1.82, 2.24) is 20.6 Å². The van der Waals surface area contributed by atoms with Crippen molar-refractivity contribution in [3.63, 3.8) is 0 Å². The van der Waals surface area contributed by atoms with E-state index in [0.717, 1.165) is 46.8 Å². The number of H-pyrrole nitrogens is 1. The van der Waals surface area contributed by atoms with E-state index in [2.05, 4.69) is 34.4 Å². The molecule has 0 spiro atoms. The number of benzene rings is 1. The van der Waals surface area contributed by atoms with Crippen LogP contribution in [0.25, 0.3) is 10.9 Å². The van der Waals surface area contributed by atoms with Crippen LogP contribution in [-0.4, -0.2) is 33.9 Å². The van der Waals surface area contributed by atoms with Crippen LogP contribution in [0.5, 0.6) is 0 Å². The Balaban J connectivity index is 1.48. The van der Waals surface area contributed by atoms with E-state index in [4.69, 9.17) is 11.6 Å². The summed E-state index contributed by atoms with van der Waals surface area (Å²) in [5.41, 5.74) is 5.26. The Labute approximate surface area is 193 Å². The van der Waals surface area contributed by atoms with Gasteiger partial charge in [-0.25, -0.2) is 0 Å². The number of aryl methyl sites for hydroxylation is 3. The van der Waals surface area contributed by atoms with Gasteiger partial charge in [0.05, 0.1) is 0 Å². The maximum Gasteiger partial charge on any atom is 0.243 e. The second-order valence-electron chi connectivity index (χ2n) is 8.47. The smallest absolute Gasteiger partial charge is 0.243 e. The molecule has 1 aliphatic rings. The van der Waals surface area contributed by atoms with Gasteiger partial charge in [0.2, 0.25) is 11.8 Å². The highest BCUT2D eigenvalue weighted by atomic mass is 35.5. The molecule has 0 bridgehead atoms. The number of carbonyl (C=O) groups excluding carboxylic acids is 2. The summed E-state index contributed by atoms with van der Waals surface area (Å²) in [6, 6.07) is 8.37. The number of aromatic amines is 1. The summed E-state index contributed by atoms with van der Waals surface area (Å²) in [5, 5.41) is 7.74. The van der Waals surface area contributed by atoms with Gasteiger partial charge in [-0.05, 0) is 68.0 Å². The third-order valence-electron chi connectivity index (χ3n) is 6.20. The Morgan fingerprint density at radius 3 is 2.53 bits per heavy atom. The van der Waals surface area contributed by atoms with Gasteiger partial charge in [-0.2, -0.15) is 0 Å². The first-order chi connectivity index (χ1) is 15.5. The highest BCUT2D eigenvalue weighted by molar-refractivity contribution is 6.32. The highest BCUT2D eigenvalue weighted by Crippen LogP contribution is 2.33. The van der Waals surface area contributed by atoms with Crippen molar-refractivity contribution in [2.24, 2.45) is 0 Å². The third-order valence-corrected chi connectivity index (χ3v) is 6.56.